The number of aromatic nitrogens is 3. The number of pyridine rings is 1. The number of hydrogen-bond acceptors (Lipinski definition) is 10. The highest BCUT2D eigenvalue weighted by atomic mass is 32.1. The Kier molecular flexibility index (Phi) is 7.43. The molecule has 10 nitrogen and oxygen atoms in total. The molecule has 11 heteroatoms. The van der Waals surface area contributed by atoms with Crippen molar-refractivity contribution in [2.24, 2.45) is 0 Å². The van der Waals surface area contributed by atoms with Crippen LogP contribution in [0.4, 0.5) is 5.82 Å². The molecule has 1 aliphatic rings. The van der Waals surface area contributed by atoms with Gasteiger partial charge in [0.05, 0.1) is 33.1 Å². The second kappa shape index (κ2) is 10.7. The van der Waals surface area contributed by atoms with Crippen LogP contribution in [0, 0.1) is 4.84 Å². The first-order valence-electron chi connectivity index (χ1n) is 10.9. The van der Waals surface area contributed by atoms with Gasteiger partial charge in [-0.2, -0.15) is 0 Å². The number of esters is 1. The summed E-state index contributed by atoms with van der Waals surface area (Å²) in [7, 11) is 3.19. The maximum absolute atomic E-state index is 11.8. The van der Waals surface area contributed by atoms with E-state index in [1.165, 1.54) is 0 Å². The number of nitrogens with zero attached hydrogens (tertiary/aromatic N) is 5. The van der Waals surface area contributed by atoms with E-state index < -0.39 is 0 Å². The lowest BCUT2D eigenvalue weighted by Crippen LogP contribution is -2.47. The van der Waals surface area contributed by atoms with Gasteiger partial charge in [-0.15, -0.1) is 5.10 Å². The Morgan fingerprint density at radius 1 is 1.09 bits per heavy atom. The van der Waals surface area contributed by atoms with Crippen LogP contribution in [0.2, 0.25) is 0 Å². The van der Waals surface area contributed by atoms with E-state index in [0.29, 0.717) is 41.1 Å². The molecule has 180 valence electrons. The van der Waals surface area contributed by atoms with Crippen molar-refractivity contribution in [3.05, 3.63) is 46.9 Å². The Bertz CT molecular complexity index is 1160. The Morgan fingerprint density at radius 3 is 2.38 bits per heavy atom. The standard InChI is InChI=1S/C23H27N5O5S/c1-4-32-22(29)16-5-6-20(24-14-16)27-9-7-26(8-10-27)15-28-23(34)33-21(25-28)17-11-18(30-2)13-19(12-17)31-3/h5-6,11-14H,4,7-10,15H2,1-3H3. The zero-order valence-electron chi connectivity index (χ0n) is 19.4. The fourth-order valence-electron chi connectivity index (χ4n) is 3.66. The van der Waals surface area contributed by atoms with Crippen LogP contribution in [-0.4, -0.2) is 72.6 Å². The molecule has 0 N–H and O–H groups in total. The quantitative estimate of drug-likeness (QED) is 0.349. The van der Waals surface area contributed by atoms with Gasteiger partial charge in [0.1, 0.15) is 17.3 Å². The van der Waals surface area contributed by atoms with Crippen LogP contribution in [0.3, 0.4) is 0 Å². The zero-order valence-corrected chi connectivity index (χ0v) is 20.2. The topological polar surface area (TPSA) is 95.1 Å². The number of anilines is 1. The second-order valence-corrected chi connectivity index (χ2v) is 8.00. The SMILES string of the molecule is CCOC(=O)c1ccc(N2CCN(Cn3nc(-c4cc(OC)cc(OC)c4)oc3=S)CC2)nc1. The lowest BCUT2D eigenvalue weighted by atomic mass is 10.2. The summed E-state index contributed by atoms with van der Waals surface area (Å²) in [5, 5.41) is 4.57. The van der Waals surface area contributed by atoms with Gasteiger partial charge in [0.15, 0.2) is 0 Å². The summed E-state index contributed by atoms with van der Waals surface area (Å²) in [6.45, 7) is 5.83. The van der Waals surface area contributed by atoms with Crippen molar-refractivity contribution in [1.29, 1.82) is 0 Å². The summed E-state index contributed by atoms with van der Waals surface area (Å²) in [5.74, 6) is 2.17. The molecule has 0 spiro atoms. The van der Waals surface area contributed by atoms with Crippen LogP contribution < -0.4 is 14.4 Å². The van der Waals surface area contributed by atoms with Gasteiger partial charge >= 0.3 is 5.97 Å². The molecule has 0 bridgehead atoms. The number of carbonyl (C=O) groups excluding carboxylic acids is 1. The van der Waals surface area contributed by atoms with Gasteiger partial charge < -0.3 is 23.5 Å². The summed E-state index contributed by atoms with van der Waals surface area (Å²) in [6.07, 6.45) is 1.56. The number of hydrogen-bond donors (Lipinski definition) is 0. The zero-order chi connectivity index (χ0) is 24.1. The number of methoxy groups -OCH3 is 2. The minimum absolute atomic E-state index is 0.301. The van der Waals surface area contributed by atoms with Crippen molar-refractivity contribution in [2.75, 3.05) is 51.9 Å². The number of piperazine rings is 1. The first kappa shape index (κ1) is 23.7. The molecule has 1 fully saturated rings. The van der Waals surface area contributed by atoms with Crippen LogP contribution in [0.1, 0.15) is 17.3 Å². The van der Waals surface area contributed by atoms with E-state index >= 15 is 0 Å². The van der Waals surface area contributed by atoms with E-state index in [1.54, 1.807) is 44.2 Å². The Labute approximate surface area is 202 Å². The van der Waals surface area contributed by atoms with E-state index in [-0.39, 0.29) is 5.97 Å². The largest absolute Gasteiger partial charge is 0.497 e. The summed E-state index contributed by atoms with van der Waals surface area (Å²) in [6, 6.07) is 9.04. The summed E-state index contributed by atoms with van der Waals surface area (Å²) in [5.41, 5.74) is 1.18. The third kappa shape index (κ3) is 5.37. The average molecular weight is 486 g/mol. The molecule has 0 saturated carbocycles. The van der Waals surface area contributed by atoms with Gasteiger partial charge in [0.25, 0.3) is 4.84 Å². The van der Waals surface area contributed by atoms with Crippen LogP contribution in [0.5, 0.6) is 11.5 Å². The van der Waals surface area contributed by atoms with Crippen molar-refractivity contribution in [3.63, 3.8) is 0 Å². The minimum atomic E-state index is -0.359. The van der Waals surface area contributed by atoms with Crippen molar-refractivity contribution < 1.29 is 23.4 Å². The average Bonchev–Trinajstić information content (AvgIpc) is 3.24. The van der Waals surface area contributed by atoms with Crippen molar-refractivity contribution in [3.8, 4) is 23.0 Å². The maximum atomic E-state index is 11.8. The van der Waals surface area contributed by atoms with Crippen LogP contribution in [0.25, 0.3) is 11.5 Å². The Hall–Kier alpha value is -3.44. The molecular weight excluding hydrogens is 458 g/mol. The van der Waals surface area contributed by atoms with E-state index in [0.717, 1.165) is 37.6 Å². The Balaban J connectivity index is 1.38. The highest BCUT2D eigenvalue weighted by molar-refractivity contribution is 7.71. The monoisotopic (exact) mass is 485 g/mol. The highest BCUT2D eigenvalue weighted by Crippen LogP contribution is 2.29. The predicted octanol–water partition coefficient (Wildman–Crippen LogP) is 3.24. The van der Waals surface area contributed by atoms with Crippen LogP contribution in [0.15, 0.2) is 40.9 Å². The fourth-order valence-corrected chi connectivity index (χ4v) is 3.84. The molecule has 1 saturated heterocycles. The lowest BCUT2D eigenvalue weighted by molar-refractivity contribution is 0.0526. The molecule has 0 amide bonds. The van der Waals surface area contributed by atoms with E-state index in [2.05, 4.69) is 19.9 Å². The van der Waals surface area contributed by atoms with Gasteiger partial charge in [-0.1, -0.05) is 0 Å². The molecule has 3 aromatic rings. The normalized spacial score (nSPS) is 14.1. The summed E-state index contributed by atoms with van der Waals surface area (Å²) >= 11 is 5.40. The summed E-state index contributed by atoms with van der Waals surface area (Å²) in [4.78, 5) is 21.0. The number of carbonyl (C=O) groups is 1. The molecule has 3 heterocycles. The third-order valence-corrected chi connectivity index (χ3v) is 5.79. The van der Waals surface area contributed by atoms with Crippen molar-refractivity contribution in [1.82, 2.24) is 19.7 Å². The molecule has 0 radical (unpaired) electrons. The van der Waals surface area contributed by atoms with Crippen molar-refractivity contribution >= 4 is 24.0 Å². The minimum Gasteiger partial charge on any atom is -0.497 e. The van der Waals surface area contributed by atoms with E-state index in [4.69, 9.17) is 30.8 Å². The summed E-state index contributed by atoms with van der Waals surface area (Å²) < 4.78 is 23.1. The number of rotatable bonds is 8. The van der Waals surface area contributed by atoms with Gasteiger partial charge in [0.2, 0.25) is 5.89 Å². The number of ether oxygens (including phenoxy) is 3. The van der Waals surface area contributed by atoms with Crippen LogP contribution in [-0.2, 0) is 11.4 Å². The molecule has 0 unspecified atom stereocenters. The Morgan fingerprint density at radius 2 is 1.79 bits per heavy atom. The highest BCUT2D eigenvalue weighted by Gasteiger charge is 2.20. The van der Waals surface area contributed by atoms with Gasteiger partial charge in [-0.25, -0.2) is 14.5 Å². The van der Waals surface area contributed by atoms with Gasteiger partial charge in [0, 0.05) is 44.0 Å². The van der Waals surface area contributed by atoms with E-state index in [1.807, 2.05) is 18.2 Å². The molecule has 1 aromatic carbocycles. The third-order valence-electron chi connectivity index (χ3n) is 5.49. The maximum Gasteiger partial charge on any atom is 0.339 e. The molecule has 1 aliphatic heterocycles. The molecular formula is C23H27N5O5S. The molecule has 34 heavy (non-hydrogen) atoms. The van der Waals surface area contributed by atoms with Gasteiger partial charge in [-0.3, -0.25) is 4.90 Å². The fraction of sp³-hybridized carbons (Fsp3) is 0.391. The first-order chi connectivity index (χ1) is 16.5. The van der Waals surface area contributed by atoms with Crippen molar-refractivity contribution in [2.45, 2.75) is 13.6 Å². The first-order valence-corrected chi connectivity index (χ1v) is 11.3. The molecule has 0 aliphatic carbocycles. The smallest absolute Gasteiger partial charge is 0.339 e. The second-order valence-electron chi connectivity index (χ2n) is 7.65. The molecule has 2 aromatic heterocycles. The molecule has 0 atom stereocenters. The lowest BCUT2D eigenvalue weighted by Gasteiger charge is -2.35. The predicted molar refractivity (Wildman–Crippen MR) is 128 cm³/mol. The molecule has 4 rings (SSSR count). The number of benzene rings is 1. The van der Waals surface area contributed by atoms with E-state index in [9.17, 15) is 4.79 Å². The van der Waals surface area contributed by atoms with Crippen LogP contribution >= 0.6 is 12.2 Å². The van der Waals surface area contributed by atoms with Gasteiger partial charge in [-0.05, 0) is 43.4 Å².